The molecule has 2 nitrogen and oxygen atoms in total. The Hall–Kier alpha value is 0.0938. The summed E-state index contributed by atoms with van der Waals surface area (Å²) >= 11 is 0. The summed E-state index contributed by atoms with van der Waals surface area (Å²) in [6.45, 7) is 11.6. The Morgan fingerprint density at radius 3 is 2.04 bits per heavy atom. The first kappa shape index (κ1) is 20.4. The molecule has 139 valence electrons. The lowest BCUT2D eigenvalue weighted by atomic mass is 9.97. The molecule has 0 aromatic carbocycles. The molecule has 24 heavy (non-hydrogen) atoms. The largest absolute Gasteiger partial charge is 0.378 e. The van der Waals surface area contributed by atoms with Crippen molar-refractivity contribution >= 4 is 17.6 Å². The van der Waals surface area contributed by atoms with Gasteiger partial charge in [-0.3, -0.25) is 0 Å². The van der Waals surface area contributed by atoms with Crippen molar-refractivity contribution in [3.8, 4) is 0 Å². The van der Waals surface area contributed by atoms with Gasteiger partial charge in [-0.2, -0.15) is 0 Å². The third-order valence-corrected chi connectivity index (χ3v) is 11.6. The Balaban J connectivity index is 2.15. The van der Waals surface area contributed by atoms with Crippen molar-refractivity contribution in [2.75, 3.05) is 13.2 Å². The monoisotopic (exact) mass is 367 g/mol. The lowest BCUT2D eigenvalue weighted by Crippen LogP contribution is -2.59. The minimum Gasteiger partial charge on any atom is -0.378 e. The van der Waals surface area contributed by atoms with Gasteiger partial charge in [0.1, 0.15) is 0 Å². The van der Waals surface area contributed by atoms with Crippen molar-refractivity contribution < 1.29 is 9.47 Å². The van der Waals surface area contributed by atoms with Crippen LogP contribution in [0.1, 0.15) is 64.7 Å². The molecule has 2 rings (SSSR count). The van der Waals surface area contributed by atoms with Crippen LogP contribution in [0.4, 0.5) is 0 Å². The van der Waals surface area contributed by atoms with E-state index in [4.69, 9.17) is 9.47 Å². The van der Waals surface area contributed by atoms with Crippen LogP contribution in [-0.2, 0) is 9.47 Å². The number of unbranched alkanes of at least 4 members (excludes halogenated alkanes) is 2. The normalized spacial score (nSPS) is 33.2. The highest BCUT2D eigenvalue weighted by Gasteiger charge is 2.49. The average Bonchev–Trinajstić information content (AvgIpc) is 2.60. The van der Waals surface area contributed by atoms with E-state index in [-0.39, 0.29) is 10.4 Å². The van der Waals surface area contributed by atoms with Crippen LogP contribution in [-0.4, -0.2) is 41.3 Å². The molecule has 3 unspecified atom stereocenters. The van der Waals surface area contributed by atoms with Gasteiger partial charge in [0.25, 0.3) is 0 Å². The molecule has 0 aromatic heterocycles. The summed E-state index contributed by atoms with van der Waals surface area (Å²) in [6.07, 6.45) is 16.4. The summed E-state index contributed by atoms with van der Waals surface area (Å²) in [5.74, 6) is 0. The molecule has 1 radical (unpaired) electrons. The van der Waals surface area contributed by atoms with Crippen molar-refractivity contribution in [2.24, 2.45) is 0 Å². The molecule has 0 saturated carbocycles. The first-order valence-corrected chi connectivity index (χ1v) is 15.6. The van der Waals surface area contributed by atoms with E-state index < -0.39 is 17.6 Å². The van der Waals surface area contributed by atoms with Gasteiger partial charge >= 0.3 is 0 Å². The van der Waals surface area contributed by atoms with Crippen LogP contribution in [0.5, 0.6) is 0 Å². The van der Waals surface area contributed by atoms with Crippen molar-refractivity contribution in [3.05, 3.63) is 18.2 Å². The van der Waals surface area contributed by atoms with Crippen molar-refractivity contribution in [1.82, 2.24) is 0 Å². The summed E-state index contributed by atoms with van der Waals surface area (Å²) in [6, 6.07) is 0. The van der Waals surface area contributed by atoms with Crippen molar-refractivity contribution in [1.29, 1.82) is 0 Å². The van der Waals surface area contributed by atoms with Crippen molar-refractivity contribution in [2.45, 2.75) is 94.8 Å². The fourth-order valence-electron chi connectivity index (χ4n) is 4.21. The predicted octanol–water partition coefficient (Wildman–Crippen LogP) is 4.78. The van der Waals surface area contributed by atoms with Crippen LogP contribution < -0.4 is 0 Å². The zero-order valence-corrected chi connectivity index (χ0v) is 18.8. The summed E-state index contributed by atoms with van der Waals surface area (Å²) in [4.78, 5) is 0. The lowest BCUT2D eigenvalue weighted by molar-refractivity contribution is -0.0556. The van der Waals surface area contributed by atoms with Gasteiger partial charge in [0.2, 0.25) is 0 Å². The third kappa shape index (κ3) is 5.06. The maximum Gasteiger partial charge on any atom is 0.0959 e. The Kier molecular flexibility index (Phi) is 8.25. The zero-order valence-electron chi connectivity index (χ0n) is 16.5. The summed E-state index contributed by atoms with van der Waals surface area (Å²) in [7, 11) is -2.08. The first-order valence-electron chi connectivity index (χ1n) is 10.4. The van der Waals surface area contributed by atoms with E-state index in [9.17, 15) is 0 Å². The topological polar surface area (TPSA) is 18.5 Å². The highest BCUT2D eigenvalue weighted by molar-refractivity contribution is 6.67. The molecule has 0 aliphatic carbocycles. The van der Waals surface area contributed by atoms with Gasteiger partial charge in [0, 0.05) is 19.6 Å². The second-order valence-corrected chi connectivity index (χ2v) is 14.4. The lowest BCUT2D eigenvalue weighted by Gasteiger charge is -2.50. The van der Waals surface area contributed by atoms with Gasteiger partial charge in [0.15, 0.2) is 0 Å². The highest BCUT2D eigenvalue weighted by atomic mass is 28.3. The Morgan fingerprint density at radius 2 is 1.54 bits per heavy atom. The Bertz CT molecular complexity index is 383. The van der Waals surface area contributed by atoms with Gasteiger partial charge in [-0.15, -0.1) is 0 Å². The van der Waals surface area contributed by atoms with Crippen LogP contribution in [0.3, 0.4) is 0 Å². The smallest absolute Gasteiger partial charge is 0.0959 e. The SMILES string of the molecule is CCCCC=C[SiH](C)C1([CH]C2([SiH](C)C)CCCCO2)CCCCO1. The maximum atomic E-state index is 6.56. The van der Waals surface area contributed by atoms with Crippen LogP contribution in [0.2, 0.25) is 19.6 Å². The molecule has 4 heteroatoms. The molecule has 0 amide bonds. The maximum absolute atomic E-state index is 6.56. The summed E-state index contributed by atoms with van der Waals surface area (Å²) in [5, 5.41) is 0.0870. The van der Waals surface area contributed by atoms with Crippen LogP contribution in [0.25, 0.3) is 0 Å². The quantitative estimate of drug-likeness (QED) is 0.454. The Labute approximate surface area is 153 Å². The molecule has 2 saturated heterocycles. The first-order chi connectivity index (χ1) is 11.5. The molecular formula is C20H39O2Si2. The number of ether oxygens (including phenoxy) is 2. The molecule has 0 bridgehead atoms. The summed E-state index contributed by atoms with van der Waals surface area (Å²) < 4.78 is 13.0. The number of rotatable bonds is 8. The molecular weight excluding hydrogens is 328 g/mol. The fraction of sp³-hybridized carbons (Fsp3) is 0.850. The number of hydrogen-bond acceptors (Lipinski definition) is 2. The zero-order chi connectivity index (χ0) is 17.5. The van der Waals surface area contributed by atoms with Gasteiger partial charge in [-0.1, -0.05) is 51.2 Å². The second-order valence-electron chi connectivity index (χ2n) is 8.18. The van der Waals surface area contributed by atoms with E-state index in [0.717, 1.165) is 13.2 Å². The van der Waals surface area contributed by atoms with Crippen LogP contribution >= 0.6 is 0 Å². The molecule has 0 aromatic rings. The third-order valence-electron chi connectivity index (χ3n) is 6.05. The average molecular weight is 368 g/mol. The van der Waals surface area contributed by atoms with E-state index >= 15 is 0 Å². The molecule has 0 N–H and O–H groups in total. The van der Waals surface area contributed by atoms with E-state index in [2.05, 4.69) is 44.8 Å². The number of allylic oxidation sites excluding steroid dienone is 1. The van der Waals surface area contributed by atoms with E-state index in [0.29, 0.717) is 0 Å². The minimum atomic E-state index is -1.13. The minimum absolute atomic E-state index is 0.0234. The second kappa shape index (κ2) is 9.70. The van der Waals surface area contributed by atoms with Crippen LogP contribution in [0, 0.1) is 6.42 Å². The molecule has 3 atom stereocenters. The van der Waals surface area contributed by atoms with Crippen molar-refractivity contribution in [3.63, 3.8) is 0 Å². The summed E-state index contributed by atoms with van der Waals surface area (Å²) in [5.41, 5.74) is 2.55. The Morgan fingerprint density at radius 1 is 0.917 bits per heavy atom. The highest BCUT2D eigenvalue weighted by Crippen LogP contribution is 2.41. The van der Waals surface area contributed by atoms with Gasteiger partial charge in [-0.25, -0.2) is 0 Å². The standard InChI is InChI=1S/C20H39O2Si2/c1-5-6-7-12-17-24(4)20(14-9-11-16-22-20)18-19(23(2)3)13-8-10-15-21-19/h12,17-18,23-24H,5-11,13-16H2,1-4H3. The number of hydrogen-bond donors (Lipinski definition) is 0. The molecule has 2 fully saturated rings. The van der Waals surface area contributed by atoms with E-state index in [1.165, 1.54) is 57.8 Å². The van der Waals surface area contributed by atoms with E-state index in [1.807, 2.05) is 0 Å². The molecule has 2 heterocycles. The molecule has 2 aliphatic rings. The van der Waals surface area contributed by atoms with Crippen LogP contribution in [0.15, 0.2) is 11.8 Å². The van der Waals surface area contributed by atoms with Gasteiger partial charge in [-0.05, 0) is 44.9 Å². The van der Waals surface area contributed by atoms with Gasteiger partial charge < -0.3 is 9.47 Å². The van der Waals surface area contributed by atoms with Gasteiger partial charge in [0.05, 0.1) is 28.0 Å². The molecule has 0 spiro atoms. The van der Waals surface area contributed by atoms with E-state index in [1.54, 1.807) is 0 Å². The molecule has 2 aliphatic heterocycles. The fourth-order valence-corrected chi connectivity index (χ4v) is 8.77. The predicted molar refractivity (Wildman–Crippen MR) is 110 cm³/mol.